The Bertz CT molecular complexity index is 569. The maximum Gasteiger partial charge on any atom is 0.319 e. The number of aryl methyl sites for hydroxylation is 2. The summed E-state index contributed by atoms with van der Waals surface area (Å²) in [6, 6.07) is 20.7. The molecule has 2 rings (SSSR count). The van der Waals surface area contributed by atoms with Crippen molar-refractivity contribution in [3.05, 3.63) is 71.8 Å². The van der Waals surface area contributed by atoms with Gasteiger partial charge in [0.05, 0.1) is 6.61 Å². The van der Waals surface area contributed by atoms with Crippen molar-refractivity contribution < 1.29 is 9.53 Å². The molecule has 0 amide bonds. The zero-order valence-corrected chi connectivity index (χ0v) is 14.4. The van der Waals surface area contributed by atoms with Crippen LogP contribution in [-0.2, 0) is 22.4 Å². The summed E-state index contributed by atoms with van der Waals surface area (Å²) < 4.78 is 5.24. The number of benzene rings is 2. The van der Waals surface area contributed by atoms with E-state index < -0.39 is 0 Å². The summed E-state index contributed by atoms with van der Waals surface area (Å²) >= 11 is 1.71. The number of hydrogen-bond acceptors (Lipinski definition) is 3. The molecule has 0 heterocycles. The molecule has 2 aromatic carbocycles. The zero-order chi connectivity index (χ0) is 16.3. The van der Waals surface area contributed by atoms with Crippen LogP contribution in [0.4, 0.5) is 0 Å². The molecule has 0 aliphatic carbocycles. The third-order valence-electron chi connectivity index (χ3n) is 3.64. The lowest BCUT2D eigenvalue weighted by molar-refractivity contribution is -0.142. The Balaban J connectivity index is 1.85. The first kappa shape index (κ1) is 17.6. The molecule has 0 aliphatic heterocycles. The first-order chi connectivity index (χ1) is 11.3. The van der Waals surface area contributed by atoms with E-state index >= 15 is 0 Å². The van der Waals surface area contributed by atoms with Crippen LogP contribution in [0.2, 0.25) is 0 Å². The number of carbonyl (C=O) groups is 1. The van der Waals surface area contributed by atoms with E-state index in [0.717, 1.165) is 25.0 Å². The number of ether oxygens (including phenoxy) is 1. The lowest BCUT2D eigenvalue weighted by atomic mass is 10.1. The molecule has 0 fully saturated rings. The van der Waals surface area contributed by atoms with E-state index in [9.17, 15) is 4.79 Å². The topological polar surface area (TPSA) is 26.3 Å². The van der Waals surface area contributed by atoms with Gasteiger partial charge in [-0.05, 0) is 43.1 Å². The minimum Gasteiger partial charge on any atom is -0.465 e. The predicted molar refractivity (Wildman–Crippen MR) is 97.8 cm³/mol. The minimum atomic E-state index is -0.0844. The summed E-state index contributed by atoms with van der Waals surface area (Å²) in [5, 5.41) is -0.0844. The molecule has 122 valence electrons. The van der Waals surface area contributed by atoms with Gasteiger partial charge in [-0.25, -0.2) is 0 Å². The van der Waals surface area contributed by atoms with Gasteiger partial charge in [0.2, 0.25) is 0 Å². The largest absolute Gasteiger partial charge is 0.465 e. The summed E-state index contributed by atoms with van der Waals surface area (Å²) in [4.78, 5) is 12.2. The molecule has 0 saturated carbocycles. The highest BCUT2D eigenvalue weighted by Crippen LogP contribution is 2.20. The number of esters is 1. The van der Waals surface area contributed by atoms with Crippen molar-refractivity contribution in [2.24, 2.45) is 0 Å². The standard InChI is InChI=1S/C20H24O2S/c1-2-22-20(21)19(14-13-17-9-5-3-6-10-17)23-16-15-18-11-7-4-8-12-18/h3-12,19H,2,13-16H2,1H3. The molecule has 1 unspecified atom stereocenters. The van der Waals surface area contributed by atoms with Gasteiger partial charge in [-0.1, -0.05) is 60.7 Å². The lowest BCUT2D eigenvalue weighted by Gasteiger charge is -2.15. The van der Waals surface area contributed by atoms with Gasteiger partial charge in [0, 0.05) is 0 Å². The van der Waals surface area contributed by atoms with E-state index in [1.54, 1.807) is 11.8 Å². The smallest absolute Gasteiger partial charge is 0.319 e. The van der Waals surface area contributed by atoms with Crippen molar-refractivity contribution in [1.29, 1.82) is 0 Å². The predicted octanol–water partition coefficient (Wildman–Crippen LogP) is 4.53. The summed E-state index contributed by atoms with van der Waals surface area (Å²) in [6.45, 7) is 2.31. The Kier molecular flexibility index (Phi) is 7.74. The van der Waals surface area contributed by atoms with Gasteiger partial charge in [-0.2, -0.15) is 0 Å². The molecule has 0 aromatic heterocycles. The quantitative estimate of drug-likeness (QED) is 0.633. The Morgan fingerprint density at radius 2 is 1.52 bits per heavy atom. The first-order valence-electron chi connectivity index (χ1n) is 8.15. The van der Waals surface area contributed by atoms with Crippen LogP contribution < -0.4 is 0 Å². The van der Waals surface area contributed by atoms with Crippen molar-refractivity contribution in [2.75, 3.05) is 12.4 Å². The molecule has 0 aliphatic rings. The Morgan fingerprint density at radius 1 is 0.957 bits per heavy atom. The molecule has 23 heavy (non-hydrogen) atoms. The van der Waals surface area contributed by atoms with Crippen molar-refractivity contribution >= 4 is 17.7 Å². The van der Waals surface area contributed by atoms with E-state index in [2.05, 4.69) is 36.4 Å². The third kappa shape index (κ3) is 6.49. The Morgan fingerprint density at radius 3 is 2.09 bits per heavy atom. The average Bonchev–Trinajstić information content (AvgIpc) is 2.60. The van der Waals surface area contributed by atoms with Gasteiger partial charge in [0.15, 0.2) is 0 Å². The van der Waals surface area contributed by atoms with Crippen LogP contribution in [0.5, 0.6) is 0 Å². The van der Waals surface area contributed by atoms with Gasteiger partial charge >= 0.3 is 5.97 Å². The second-order valence-corrected chi connectivity index (χ2v) is 6.68. The molecule has 0 saturated heterocycles. The van der Waals surface area contributed by atoms with Crippen LogP contribution in [0.25, 0.3) is 0 Å². The molecular formula is C20H24O2S. The maximum absolute atomic E-state index is 12.2. The number of hydrogen-bond donors (Lipinski definition) is 0. The molecule has 2 aromatic rings. The summed E-state index contributed by atoms with van der Waals surface area (Å²) in [7, 11) is 0. The highest BCUT2D eigenvalue weighted by Gasteiger charge is 2.20. The molecule has 3 heteroatoms. The van der Waals surface area contributed by atoms with Gasteiger partial charge in [-0.15, -0.1) is 11.8 Å². The van der Waals surface area contributed by atoms with Crippen molar-refractivity contribution in [2.45, 2.75) is 31.4 Å². The second kappa shape index (κ2) is 10.1. The van der Waals surface area contributed by atoms with Crippen LogP contribution in [0, 0.1) is 0 Å². The van der Waals surface area contributed by atoms with Crippen LogP contribution in [-0.4, -0.2) is 23.6 Å². The van der Waals surface area contributed by atoms with Crippen LogP contribution in [0.15, 0.2) is 60.7 Å². The highest BCUT2D eigenvalue weighted by molar-refractivity contribution is 8.00. The van der Waals surface area contributed by atoms with Gasteiger partial charge in [-0.3, -0.25) is 4.79 Å². The Hall–Kier alpha value is -1.74. The fraction of sp³-hybridized carbons (Fsp3) is 0.350. The van der Waals surface area contributed by atoms with Crippen molar-refractivity contribution in [3.8, 4) is 0 Å². The van der Waals surface area contributed by atoms with Gasteiger partial charge in [0.1, 0.15) is 5.25 Å². The highest BCUT2D eigenvalue weighted by atomic mass is 32.2. The number of carbonyl (C=O) groups excluding carboxylic acids is 1. The molecule has 1 atom stereocenters. The summed E-state index contributed by atoms with van der Waals surface area (Å²) in [5.41, 5.74) is 2.58. The summed E-state index contributed by atoms with van der Waals surface area (Å²) in [6.07, 6.45) is 2.71. The van der Waals surface area contributed by atoms with E-state index in [0.29, 0.717) is 6.61 Å². The van der Waals surface area contributed by atoms with E-state index in [4.69, 9.17) is 4.74 Å². The van der Waals surface area contributed by atoms with Gasteiger partial charge < -0.3 is 4.74 Å². The fourth-order valence-electron chi connectivity index (χ4n) is 2.41. The molecule has 2 nitrogen and oxygen atoms in total. The zero-order valence-electron chi connectivity index (χ0n) is 13.6. The molecule has 0 radical (unpaired) electrons. The van der Waals surface area contributed by atoms with E-state index in [1.165, 1.54) is 11.1 Å². The maximum atomic E-state index is 12.2. The minimum absolute atomic E-state index is 0.0820. The lowest BCUT2D eigenvalue weighted by Crippen LogP contribution is -2.22. The normalized spacial score (nSPS) is 11.9. The van der Waals surface area contributed by atoms with Crippen LogP contribution in [0.3, 0.4) is 0 Å². The van der Waals surface area contributed by atoms with E-state index in [1.807, 2.05) is 31.2 Å². The monoisotopic (exact) mass is 328 g/mol. The van der Waals surface area contributed by atoms with Crippen molar-refractivity contribution in [3.63, 3.8) is 0 Å². The number of thioether (sulfide) groups is 1. The molecule has 0 spiro atoms. The number of rotatable bonds is 9. The van der Waals surface area contributed by atoms with Crippen LogP contribution in [0.1, 0.15) is 24.5 Å². The molecule has 0 N–H and O–H groups in total. The average molecular weight is 328 g/mol. The fourth-order valence-corrected chi connectivity index (χ4v) is 3.54. The van der Waals surface area contributed by atoms with E-state index in [-0.39, 0.29) is 11.2 Å². The first-order valence-corrected chi connectivity index (χ1v) is 9.20. The molecular weight excluding hydrogens is 304 g/mol. The Labute approximate surface area is 143 Å². The van der Waals surface area contributed by atoms with Crippen molar-refractivity contribution in [1.82, 2.24) is 0 Å². The molecule has 0 bridgehead atoms. The van der Waals surface area contributed by atoms with Gasteiger partial charge in [0.25, 0.3) is 0 Å². The third-order valence-corrected chi connectivity index (χ3v) is 4.91. The second-order valence-electron chi connectivity index (χ2n) is 5.37. The SMILES string of the molecule is CCOC(=O)C(CCc1ccccc1)SCCc1ccccc1. The van der Waals surface area contributed by atoms with Crippen LogP contribution >= 0.6 is 11.8 Å². The summed E-state index contributed by atoms with van der Waals surface area (Å²) in [5.74, 6) is 0.851.